The molecule has 0 aliphatic carbocycles. The zero-order valence-electron chi connectivity index (χ0n) is 13.6. The minimum Gasteiger partial charge on any atom is -0.493 e. The largest absolute Gasteiger partial charge is 0.493 e. The number of anilines is 1. The number of guanidine groups is 1. The van der Waals surface area contributed by atoms with Crippen molar-refractivity contribution < 1.29 is 18.6 Å². The van der Waals surface area contributed by atoms with Gasteiger partial charge in [0.1, 0.15) is 18.2 Å². The average Bonchev–Trinajstić information content (AvgIpc) is 2.58. The molecule has 0 aliphatic rings. The maximum atomic E-state index is 13.0. The molecule has 128 valence electrons. The Balaban J connectivity index is 1.85. The zero-order valence-corrected chi connectivity index (χ0v) is 13.6. The molecule has 0 heterocycles. The van der Waals surface area contributed by atoms with E-state index in [1.807, 2.05) is 0 Å². The number of methoxy groups -OCH3 is 2. The van der Waals surface area contributed by atoms with Gasteiger partial charge in [-0.2, -0.15) is 0 Å². The highest BCUT2D eigenvalue weighted by Crippen LogP contribution is 2.29. The highest BCUT2D eigenvalue weighted by Gasteiger charge is 2.05. The van der Waals surface area contributed by atoms with Crippen LogP contribution in [0.4, 0.5) is 10.1 Å². The van der Waals surface area contributed by atoms with Gasteiger partial charge in [0.25, 0.3) is 0 Å². The Morgan fingerprint density at radius 2 is 1.92 bits per heavy atom. The third-order valence-electron chi connectivity index (χ3n) is 3.09. The SMILES string of the molecule is COc1ccc(NC(N)=NCCOc2cccc(F)c2)cc1OC. The van der Waals surface area contributed by atoms with Crippen molar-refractivity contribution in [2.75, 3.05) is 32.7 Å². The summed E-state index contributed by atoms with van der Waals surface area (Å²) in [6.07, 6.45) is 0. The van der Waals surface area contributed by atoms with Crippen molar-refractivity contribution in [3.05, 3.63) is 48.3 Å². The molecule has 6 nitrogen and oxygen atoms in total. The highest BCUT2D eigenvalue weighted by molar-refractivity contribution is 5.92. The topological polar surface area (TPSA) is 78.1 Å². The Morgan fingerprint density at radius 1 is 1.12 bits per heavy atom. The molecule has 2 aromatic carbocycles. The lowest BCUT2D eigenvalue weighted by Gasteiger charge is -2.11. The minimum absolute atomic E-state index is 0.241. The molecule has 0 radical (unpaired) electrons. The molecule has 2 aromatic rings. The van der Waals surface area contributed by atoms with Crippen LogP contribution in [0.15, 0.2) is 47.5 Å². The lowest BCUT2D eigenvalue weighted by molar-refractivity contribution is 0.327. The van der Waals surface area contributed by atoms with E-state index in [9.17, 15) is 4.39 Å². The molecular weight excluding hydrogens is 313 g/mol. The summed E-state index contributed by atoms with van der Waals surface area (Å²) in [5, 5.41) is 2.95. The average molecular weight is 333 g/mol. The number of aliphatic imine (C=N–C) groups is 1. The van der Waals surface area contributed by atoms with Crippen molar-refractivity contribution >= 4 is 11.6 Å². The molecule has 0 aliphatic heterocycles. The van der Waals surface area contributed by atoms with E-state index < -0.39 is 0 Å². The number of nitrogens with zero attached hydrogens (tertiary/aromatic N) is 1. The molecular formula is C17H20FN3O3. The van der Waals surface area contributed by atoms with Crippen molar-refractivity contribution in [1.82, 2.24) is 0 Å². The fourth-order valence-corrected chi connectivity index (χ4v) is 1.99. The molecule has 0 atom stereocenters. The van der Waals surface area contributed by atoms with Gasteiger partial charge in [-0.3, -0.25) is 0 Å². The van der Waals surface area contributed by atoms with Gasteiger partial charge in [-0.1, -0.05) is 6.07 Å². The smallest absolute Gasteiger partial charge is 0.193 e. The maximum absolute atomic E-state index is 13.0. The molecule has 3 N–H and O–H groups in total. The van der Waals surface area contributed by atoms with Gasteiger partial charge >= 0.3 is 0 Å². The first-order chi connectivity index (χ1) is 11.6. The van der Waals surface area contributed by atoms with Gasteiger partial charge in [0.05, 0.1) is 20.8 Å². The predicted octanol–water partition coefficient (Wildman–Crippen LogP) is 2.65. The molecule has 0 unspecified atom stereocenters. The number of nitrogens with one attached hydrogen (secondary N) is 1. The number of nitrogens with two attached hydrogens (primary N) is 1. The fraction of sp³-hybridized carbons (Fsp3) is 0.235. The van der Waals surface area contributed by atoms with Crippen LogP contribution in [-0.2, 0) is 0 Å². The molecule has 0 spiro atoms. The van der Waals surface area contributed by atoms with Crippen LogP contribution in [0.1, 0.15) is 0 Å². The monoisotopic (exact) mass is 333 g/mol. The third kappa shape index (κ3) is 5.05. The fourth-order valence-electron chi connectivity index (χ4n) is 1.99. The second-order valence-corrected chi connectivity index (χ2v) is 4.77. The van der Waals surface area contributed by atoms with Gasteiger partial charge in [-0.15, -0.1) is 0 Å². The summed E-state index contributed by atoms with van der Waals surface area (Å²) in [5.74, 6) is 1.57. The third-order valence-corrected chi connectivity index (χ3v) is 3.09. The summed E-state index contributed by atoms with van der Waals surface area (Å²) < 4.78 is 28.8. The number of hydrogen-bond donors (Lipinski definition) is 2. The molecule has 0 bridgehead atoms. The number of halogens is 1. The van der Waals surface area contributed by atoms with Crippen LogP contribution in [0.2, 0.25) is 0 Å². The molecule has 0 saturated heterocycles. The van der Waals surface area contributed by atoms with E-state index in [0.29, 0.717) is 23.8 Å². The molecule has 2 rings (SSSR count). The first-order valence-electron chi connectivity index (χ1n) is 7.29. The van der Waals surface area contributed by atoms with Crippen LogP contribution < -0.4 is 25.3 Å². The van der Waals surface area contributed by atoms with Crippen molar-refractivity contribution in [3.63, 3.8) is 0 Å². The Hall–Kier alpha value is -2.96. The predicted molar refractivity (Wildman–Crippen MR) is 91.6 cm³/mol. The Labute approximate surface area is 140 Å². The summed E-state index contributed by atoms with van der Waals surface area (Å²) in [4.78, 5) is 4.15. The van der Waals surface area contributed by atoms with Gasteiger partial charge in [0, 0.05) is 17.8 Å². The second-order valence-electron chi connectivity index (χ2n) is 4.77. The first kappa shape index (κ1) is 17.4. The minimum atomic E-state index is -0.342. The molecule has 0 saturated carbocycles. The van der Waals surface area contributed by atoms with Gasteiger partial charge < -0.3 is 25.3 Å². The highest BCUT2D eigenvalue weighted by atomic mass is 19.1. The lowest BCUT2D eigenvalue weighted by atomic mass is 10.3. The number of ether oxygens (including phenoxy) is 3. The lowest BCUT2D eigenvalue weighted by Crippen LogP contribution is -2.23. The summed E-state index contributed by atoms with van der Waals surface area (Å²) in [6, 6.07) is 11.3. The molecule has 24 heavy (non-hydrogen) atoms. The number of rotatable bonds is 7. The molecule has 7 heteroatoms. The summed E-state index contributed by atoms with van der Waals surface area (Å²) in [7, 11) is 3.13. The van der Waals surface area contributed by atoms with Crippen molar-refractivity contribution in [1.29, 1.82) is 0 Å². The van der Waals surface area contributed by atoms with E-state index in [1.165, 1.54) is 12.1 Å². The zero-order chi connectivity index (χ0) is 17.4. The quantitative estimate of drug-likeness (QED) is 0.463. The second kappa shape index (κ2) is 8.61. The Kier molecular flexibility index (Phi) is 6.24. The molecule has 0 amide bonds. The van der Waals surface area contributed by atoms with E-state index in [2.05, 4.69) is 10.3 Å². The van der Waals surface area contributed by atoms with Gasteiger partial charge in [0.15, 0.2) is 17.5 Å². The van der Waals surface area contributed by atoms with Crippen LogP contribution >= 0.6 is 0 Å². The van der Waals surface area contributed by atoms with Crippen LogP contribution in [0, 0.1) is 5.82 Å². The standard InChI is InChI=1S/C17H20FN3O3/c1-22-15-7-6-13(11-16(15)23-2)21-17(19)20-8-9-24-14-5-3-4-12(18)10-14/h3-7,10-11H,8-9H2,1-2H3,(H3,19,20,21). The van der Waals surface area contributed by atoms with Gasteiger partial charge in [-0.05, 0) is 24.3 Å². The van der Waals surface area contributed by atoms with Crippen LogP contribution in [0.3, 0.4) is 0 Å². The Morgan fingerprint density at radius 3 is 2.62 bits per heavy atom. The molecule has 0 aromatic heterocycles. The Bertz CT molecular complexity index is 707. The van der Waals surface area contributed by atoms with Gasteiger partial charge in [-0.25, -0.2) is 9.38 Å². The first-order valence-corrected chi connectivity index (χ1v) is 7.29. The van der Waals surface area contributed by atoms with Crippen LogP contribution in [0.25, 0.3) is 0 Å². The van der Waals surface area contributed by atoms with Crippen LogP contribution in [-0.4, -0.2) is 33.3 Å². The number of benzene rings is 2. The van der Waals surface area contributed by atoms with E-state index in [0.717, 1.165) is 5.69 Å². The summed E-state index contributed by atoms with van der Waals surface area (Å²) in [5.41, 5.74) is 6.54. The van der Waals surface area contributed by atoms with E-state index >= 15 is 0 Å². The van der Waals surface area contributed by atoms with Crippen molar-refractivity contribution in [2.24, 2.45) is 10.7 Å². The summed E-state index contributed by atoms with van der Waals surface area (Å²) >= 11 is 0. The summed E-state index contributed by atoms with van der Waals surface area (Å²) in [6.45, 7) is 0.625. The van der Waals surface area contributed by atoms with Crippen LogP contribution in [0.5, 0.6) is 17.2 Å². The van der Waals surface area contributed by atoms with Crippen molar-refractivity contribution in [3.8, 4) is 17.2 Å². The van der Waals surface area contributed by atoms with Crippen molar-refractivity contribution in [2.45, 2.75) is 0 Å². The van der Waals surface area contributed by atoms with E-state index in [4.69, 9.17) is 19.9 Å². The molecule has 0 fully saturated rings. The normalized spacial score (nSPS) is 11.0. The number of hydrogen-bond acceptors (Lipinski definition) is 4. The van der Waals surface area contributed by atoms with E-state index in [-0.39, 0.29) is 18.4 Å². The maximum Gasteiger partial charge on any atom is 0.193 e. The van der Waals surface area contributed by atoms with E-state index in [1.54, 1.807) is 44.6 Å². The van der Waals surface area contributed by atoms with Gasteiger partial charge in [0.2, 0.25) is 0 Å².